The Morgan fingerprint density at radius 3 is 1.43 bits per heavy atom. The van der Waals surface area contributed by atoms with Gasteiger partial charge < -0.3 is 4.74 Å². The summed E-state index contributed by atoms with van der Waals surface area (Å²) < 4.78 is 5.77. The molecule has 0 radical (unpaired) electrons. The Morgan fingerprint density at radius 1 is 0.619 bits per heavy atom. The molecule has 42 heavy (non-hydrogen) atoms. The van der Waals surface area contributed by atoms with E-state index in [1.807, 2.05) is 0 Å². The topological polar surface area (TPSA) is 29.5 Å². The highest BCUT2D eigenvalue weighted by molar-refractivity contribution is 8.93. The summed E-state index contributed by atoms with van der Waals surface area (Å²) in [5, 5.41) is 0. The van der Waals surface area contributed by atoms with Crippen molar-refractivity contribution in [2.75, 3.05) is 13.2 Å². The number of hydrogen-bond acceptors (Lipinski definition) is 3. The van der Waals surface area contributed by atoms with E-state index in [9.17, 15) is 4.79 Å². The maximum Gasteiger partial charge on any atom is 0.320 e. The number of esters is 1. The van der Waals surface area contributed by atoms with Crippen LogP contribution in [0.2, 0.25) is 0 Å². The van der Waals surface area contributed by atoms with Crippen LogP contribution in [0.1, 0.15) is 196 Å². The van der Waals surface area contributed by atoms with Gasteiger partial charge in [0.15, 0.2) is 0 Å². The van der Waals surface area contributed by atoms with E-state index >= 15 is 0 Å². The van der Waals surface area contributed by atoms with Gasteiger partial charge in [-0.2, -0.15) is 0 Å². The summed E-state index contributed by atoms with van der Waals surface area (Å²) >= 11 is 0. The largest absolute Gasteiger partial charge is 0.465 e. The van der Waals surface area contributed by atoms with E-state index in [0.29, 0.717) is 31.2 Å². The molecule has 0 amide bonds. The highest BCUT2D eigenvalue weighted by Crippen LogP contribution is 2.20. The maximum absolute atomic E-state index is 12.9. The van der Waals surface area contributed by atoms with E-state index in [0.717, 1.165) is 12.8 Å². The smallest absolute Gasteiger partial charge is 0.320 e. The van der Waals surface area contributed by atoms with Crippen molar-refractivity contribution < 1.29 is 9.53 Å². The highest BCUT2D eigenvalue weighted by atomic mass is 79.9. The lowest BCUT2D eigenvalue weighted by Gasteiger charge is -2.34. The van der Waals surface area contributed by atoms with Crippen LogP contribution in [0.3, 0.4) is 0 Å². The van der Waals surface area contributed by atoms with Gasteiger partial charge in [-0.15, -0.1) is 17.0 Å². The van der Waals surface area contributed by atoms with Crippen molar-refractivity contribution in [3.8, 4) is 0 Å². The number of ether oxygens (including phenoxy) is 1. The van der Waals surface area contributed by atoms with Gasteiger partial charge in [-0.25, -0.2) is 0 Å². The molecule has 0 aromatic carbocycles. The molecule has 0 heterocycles. The quantitative estimate of drug-likeness (QED) is 0.0437. The van der Waals surface area contributed by atoms with Crippen LogP contribution in [-0.2, 0) is 9.53 Å². The third kappa shape index (κ3) is 28.4. The zero-order valence-corrected chi connectivity index (χ0v) is 31.4. The number of nitrogens with zero attached hydrogens (tertiary/aromatic N) is 1. The van der Waals surface area contributed by atoms with Crippen molar-refractivity contribution in [2.45, 2.75) is 208 Å². The number of rotatable bonds is 30. The van der Waals surface area contributed by atoms with Gasteiger partial charge in [0, 0.05) is 12.1 Å². The Labute approximate surface area is 275 Å². The first-order chi connectivity index (χ1) is 19.8. The first kappa shape index (κ1) is 43.8. The SMILES string of the molecule is Br.CCCCCCCCCCCC(C)N(CC(=O)OCCC(C)CCC=C(C)C)C(C)CCCCCCCCCCC. The fourth-order valence-corrected chi connectivity index (χ4v) is 5.95. The van der Waals surface area contributed by atoms with E-state index in [4.69, 9.17) is 4.74 Å². The number of halogens is 1. The first-order valence-electron chi connectivity index (χ1n) is 18.4. The first-order valence-corrected chi connectivity index (χ1v) is 18.4. The van der Waals surface area contributed by atoms with Crippen LogP contribution >= 0.6 is 17.0 Å². The molecule has 0 N–H and O–H groups in total. The molecule has 0 aliphatic rings. The van der Waals surface area contributed by atoms with Crippen molar-refractivity contribution in [1.29, 1.82) is 0 Å². The molecule has 0 rings (SSSR count). The molecule has 252 valence electrons. The molecule has 0 saturated heterocycles. The van der Waals surface area contributed by atoms with Crippen LogP contribution in [-0.4, -0.2) is 36.1 Å². The summed E-state index contributed by atoms with van der Waals surface area (Å²) in [6.07, 6.45) is 32.5. The van der Waals surface area contributed by atoms with E-state index < -0.39 is 0 Å². The van der Waals surface area contributed by atoms with E-state index in [-0.39, 0.29) is 23.0 Å². The number of allylic oxidation sites excluding steroid dienone is 2. The molecular weight excluding hydrogens is 582 g/mol. The number of carbonyl (C=O) groups is 1. The van der Waals surface area contributed by atoms with Crippen LogP contribution in [0.25, 0.3) is 0 Å². The van der Waals surface area contributed by atoms with E-state index in [2.05, 4.69) is 59.4 Å². The molecule has 0 aliphatic heterocycles. The zero-order valence-electron chi connectivity index (χ0n) is 29.7. The van der Waals surface area contributed by atoms with Gasteiger partial charge in [0.2, 0.25) is 0 Å². The molecule has 0 fully saturated rings. The molecule has 0 saturated carbocycles. The molecule has 0 aromatic heterocycles. The third-order valence-corrected chi connectivity index (χ3v) is 8.98. The predicted molar refractivity (Wildman–Crippen MR) is 193 cm³/mol. The molecule has 0 aromatic rings. The average Bonchev–Trinajstić information content (AvgIpc) is 2.93. The Hall–Kier alpha value is -0.350. The predicted octanol–water partition coefficient (Wildman–Crippen LogP) is 12.8. The summed E-state index contributed by atoms with van der Waals surface area (Å²) in [4.78, 5) is 15.4. The Kier molecular flexibility index (Phi) is 33.4. The monoisotopic (exact) mass is 658 g/mol. The van der Waals surface area contributed by atoms with E-state index in [1.54, 1.807) is 0 Å². The molecule has 0 spiro atoms. The van der Waals surface area contributed by atoms with Crippen LogP contribution in [0.4, 0.5) is 0 Å². The van der Waals surface area contributed by atoms with E-state index in [1.165, 1.54) is 140 Å². The second kappa shape index (κ2) is 32.1. The van der Waals surface area contributed by atoms with Crippen LogP contribution < -0.4 is 0 Å². The average molecular weight is 659 g/mol. The molecule has 3 nitrogen and oxygen atoms in total. The summed E-state index contributed by atoms with van der Waals surface area (Å²) in [5.74, 6) is 0.560. The van der Waals surface area contributed by atoms with Crippen LogP contribution in [0.15, 0.2) is 11.6 Å². The molecular formula is C38H76BrNO2. The maximum atomic E-state index is 12.9. The summed E-state index contributed by atoms with van der Waals surface area (Å²) in [5.41, 5.74) is 1.39. The molecule has 3 atom stereocenters. The second-order valence-corrected chi connectivity index (χ2v) is 13.6. The summed E-state index contributed by atoms with van der Waals surface area (Å²) in [6, 6.07) is 0.868. The van der Waals surface area contributed by atoms with Gasteiger partial charge in [-0.3, -0.25) is 9.69 Å². The molecule has 0 bridgehead atoms. The number of carbonyl (C=O) groups excluding carboxylic acids is 1. The van der Waals surface area contributed by atoms with Gasteiger partial charge in [0.25, 0.3) is 0 Å². The minimum atomic E-state index is -0.0284. The lowest BCUT2D eigenvalue weighted by Crippen LogP contribution is -2.44. The standard InChI is InChI=1S/C38H75NO2.BrH/c1-8-10-12-14-16-18-20-22-24-29-36(6)39(37(7)30-25-23-21-19-17-15-13-11-9-2)33-38(40)41-32-31-35(5)28-26-27-34(3)4;/h27,35-37H,8-26,28-33H2,1-7H3;1H. The number of hydrogen-bond donors (Lipinski definition) is 0. The summed E-state index contributed by atoms with van der Waals surface area (Å²) in [6.45, 7) is 16.9. The van der Waals surface area contributed by atoms with Gasteiger partial charge in [-0.05, 0) is 65.7 Å². The van der Waals surface area contributed by atoms with Gasteiger partial charge >= 0.3 is 5.97 Å². The second-order valence-electron chi connectivity index (χ2n) is 13.6. The Morgan fingerprint density at radius 2 is 1.02 bits per heavy atom. The molecule has 4 heteroatoms. The van der Waals surface area contributed by atoms with Gasteiger partial charge in [0.05, 0.1) is 13.2 Å². The fourth-order valence-electron chi connectivity index (χ4n) is 5.95. The lowest BCUT2D eigenvalue weighted by atomic mass is 10.0. The van der Waals surface area contributed by atoms with Crippen molar-refractivity contribution >= 4 is 23.0 Å². The van der Waals surface area contributed by atoms with Crippen molar-refractivity contribution in [3.63, 3.8) is 0 Å². The lowest BCUT2D eigenvalue weighted by molar-refractivity contribution is -0.146. The number of unbranched alkanes of at least 4 members (excludes halogenated alkanes) is 16. The zero-order chi connectivity index (χ0) is 30.6. The highest BCUT2D eigenvalue weighted by Gasteiger charge is 2.23. The minimum absolute atomic E-state index is 0. The van der Waals surface area contributed by atoms with Crippen LogP contribution in [0, 0.1) is 5.92 Å². The van der Waals surface area contributed by atoms with Crippen LogP contribution in [0.5, 0.6) is 0 Å². The Balaban J connectivity index is 0. The van der Waals surface area contributed by atoms with Crippen molar-refractivity contribution in [2.24, 2.45) is 5.92 Å². The molecule has 0 aliphatic carbocycles. The minimum Gasteiger partial charge on any atom is -0.465 e. The van der Waals surface area contributed by atoms with Gasteiger partial charge in [-0.1, -0.05) is 148 Å². The fraction of sp³-hybridized carbons (Fsp3) is 0.921. The normalized spacial score (nSPS) is 13.4. The van der Waals surface area contributed by atoms with Gasteiger partial charge in [0.1, 0.15) is 0 Å². The van der Waals surface area contributed by atoms with Crippen molar-refractivity contribution in [3.05, 3.63) is 11.6 Å². The Bertz CT molecular complexity index is 576. The molecule has 3 unspecified atom stereocenters. The summed E-state index contributed by atoms with van der Waals surface area (Å²) in [7, 11) is 0. The van der Waals surface area contributed by atoms with Crippen molar-refractivity contribution in [1.82, 2.24) is 4.90 Å². The third-order valence-electron chi connectivity index (χ3n) is 8.98.